The highest BCUT2D eigenvalue weighted by molar-refractivity contribution is 5.79. The first-order valence-corrected chi connectivity index (χ1v) is 7.00. The molecule has 4 heteroatoms. The van der Waals surface area contributed by atoms with Crippen LogP contribution in [0.1, 0.15) is 53.4 Å². The first-order chi connectivity index (χ1) is 8.38. The largest absolute Gasteiger partial charge is 0.468 e. The minimum atomic E-state index is -0.882. The van der Waals surface area contributed by atoms with E-state index in [9.17, 15) is 4.79 Å². The molecule has 2 atom stereocenters. The van der Waals surface area contributed by atoms with Gasteiger partial charge in [0.2, 0.25) is 0 Å². The molecule has 0 bridgehead atoms. The molecule has 0 rings (SSSR count). The van der Waals surface area contributed by atoms with E-state index in [0.717, 1.165) is 19.5 Å². The lowest BCUT2D eigenvalue weighted by Gasteiger charge is -2.31. The van der Waals surface area contributed by atoms with Gasteiger partial charge in [-0.1, -0.05) is 20.3 Å². The molecule has 0 heterocycles. The fourth-order valence-corrected chi connectivity index (χ4v) is 1.88. The minimum absolute atomic E-state index is 0.331. The zero-order chi connectivity index (χ0) is 14.2. The monoisotopic (exact) mass is 258 g/mol. The molecule has 0 aliphatic heterocycles. The molecule has 108 valence electrons. The van der Waals surface area contributed by atoms with Crippen molar-refractivity contribution < 1.29 is 9.53 Å². The number of carbonyl (C=O) groups excluding carboxylic acids is 1. The van der Waals surface area contributed by atoms with Crippen LogP contribution in [0.25, 0.3) is 0 Å². The summed E-state index contributed by atoms with van der Waals surface area (Å²) in [4.78, 5) is 13.9. The van der Waals surface area contributed by atoms with Crippen LogP contribution in [0, 0.1) is 0 Å². The Morgan fingerprint density at radius 2 is 2.00 bits per heavy atom. The highest BCUT2D eigenvalue weighted by atomic mass is 16.5. The van der Waals surface area contributed by atoms with Gasteiger partial charge >= 0.3 is 5.97 Å². The zero-order valence-corrected chi connectivity index (χ0v) is 12.7. The second kappa shape index (κ2) is 8.48. The predicted octanol–water partition coefficient (Wildman–Crippen LogP) is 2.17. The SMILES string of the molecule is CCCCN(CCC(C)(N)C(=O)OC)C(C)CC. The number of methoxy groups -OCH3 is 1. The first-order valence-electron chi connectivity index (χ1n) is 7.00. The molecule has 0 spiro atoms. The topological polar surface area (TPSA) is 55.6 Å². The summed E-state index contributed by atoms with van der Waals surface area (Å²) in [5.74, 6) is -0.331. The highest BCUT2D eigenvalue weighted by Crippen LogP contribution is 2.13. The van der Waals surface area contributed by atoms with Crippen molar-refractivity contribution in [1.82, 2.24) is 4.90 Å². The van der Waals surface area contributed by atoms with Gasteiger partial charge in [-0.15, -0.1) is 0 Å². The molecule has 0 aromatic carbocycles. The van der Waals surface area contributed by atoms with Gasteiger partial charge in [0.25, 0.3) is 0 Å². The summed E-state index contributed by atoms with van der Waals surface area (Å²) in [6.45, 7) is 10.3. The number of carbonyl (C=O) groups is 1. The van der Waals surface area contributed by atoms with Crippen LogP contribution in [0.15, 0.2) is 0 Å². The van der Waals surface area contributed by atoms with Crippen molar-refractivity contribution in [2.75, 3.05) is 20.2 Å². The van der Waals surface area contributed by atoms with E-state index in [1.165, 1.54) is 20.0 Å². The van der Waals surface area contributed by atoms with Crippen LogP contribution >= 0.6 is 0 Å². The molecule has 0 fully saturated rings. The Morgan fingerprint density at radius 1 is 1.39 bits per heavy atom. The lowest BCUT2D eigenvalue weighted by atomic mass is 9.98. The number of unbranched alkanes of at least 4 members (excludes halogenated alkanes) is 1. The van der Waals surface area contributed by atoms with E-state index in [4.69, 9.17) is 10.5 Å². The van der Waals surface area contributed by atoms with Crippen molar-refractivity contribution in [1.29, 1.82) is 0 Å². The molecule has 0 aliphatic carbocycles. The lowest BCUT2D eigenvalue weighted by Crippen LogP contribution is -2.49. The summed E-state index contributed by atoms with van der Waals surface area (Å²) < 4.78 is 4.73. The fourth-order valence-electron chi connectivity index (χ4n) is 1.88. The van der Waals surface area contributed by atoms with Crippen LogP contribution in [-0.2, 0) is 9.53 Å². The number of esters is 1. The Balaban J connectivity index is 4.36. The number of nitrogens with zero attached hydrogens (tertiary/aromatic N) is 1. The fraction of sp³-hybridized carbons (Fsp3) is 0.929. The standard InChI is InChI=1S/C14H30N2O2/c1-6-8-10-16(12(3)7-2)11-9-14(4,15)13(17)18-5/h12H,6-11,15H2,1-5H3. The second-order valence-corrected chi connectivity index (χ2v) is 5.31. The molecule has 0 saturated heterocycles. The summed E-state index contributed by atoms with van der Waals surface area (Å²) in [6.07, 6.45) is 4.12. The van der Waals surface area contributed by atoms with E-state index >= 15 is 0 Å². The van der Waals surface area contributed by atoms with Gasteiger partial charge in [0.1, 0.15) is 5.54 Å². The van der Waals surface area contributed by atoms with Crippen LogP contribution < -0.4 is 5.73 Å². The summed E-state index contributed by atoms with van der Waals surface area (Å²) in [6, 6.07) is 0.532. The van der Waals surface area contributed by atoms with Gasteiger partial charge < -0.3 is 15.4 Å². The smallest absolute Gasteiger partial charge is 0.325 e. The van der Waals surface area contributed by atoms with Crippen molar-refractivity contribution in [2.24, 2.45) is 5.73 Å². The molecule has 18 heavy (non-hydrogen) atoms. The molecule has 0 aliphatic rings. The van der Waals surface area contributed by atoms with Gasteiger partial charge in [-0.25, -0.2) is 0 Å². The molecule has 2 N–H and O–H groups in total. The summed E-state index contributed by atoms with van der Waals surface area (Å²) >= 11 is 0. The molecule has 0 saturated carbocycles. The van der Waals surface area contributed by atoms with Gasteiger partial charge in [0.05, 0.1) is 7.11 Å². The molecule has 0 aromatic heterocycles. The maximum Gasteiger partial charge on any atom is 0.325 e. The normalized spacial score (nSPS) is 16.4. The van der Waals surface area contributed by atoms with Gasteiger partial charge in [-0.3, -0.25) is 4.79 Å². The summed E-state index contributed by atoms with van der Waals surface area (Å²) in [5, 5.41) is 0. The average Bonchev–Trinajstić information content (AvgIpc) is 2.36. The van der Waals surface area contributed by atoms with E-state index in [-0.39, 0.29) is 5.97 Å². The second-order valence-electron chi connectivity index (χ2n) is 5.31. The van der Waals surface area contributed by atoms with Gasteiger partial charge in [-0.2, -0.15) is 0 Å². The number of hydrogen-bond donors (Lipinski definition) is 1. The molecule has 0 radical (unpaired) electrons. The Hall–Kier alpha value is -0.610. The minimum Gasteiger partial charge on any atom is -0.468 e. The van der Waals surface area contributed by atoms with E-state index < -0.39 is 5.54 Å². The van der Waals surface area contributed by atoms with E-state index in [1.54, 1.807) is 6.92 Å². The molecular formula is C14H30N2O2. The maximum atomic E-state index is 11.5. The van der Waals surface area contributed by atoms with E-state index in [1.807, 2.05) is 0 Å². The molecular weight excluding hydrogens is 228 g/mol. The third kappa shape index (κ3) is 5.83. The highest BCUT2D eigenvalue weighted by Gasteiger charge is 2.30. The number of hydrogen-bond acceptors (Lipinski definition) is 4. The van der Waals surface area contributed by atoms with Gasteiger partial charge in [0, 0.05) is 12.6 Å². The van der Waals surface area contributed by atoms with Crippen LogP contribution in [-0.4, -0.2) is 42.6 Å². The van der Waals surface area contributed by atoms with E-state index in [2.05, 4.69) is 25.7 Å². The number of rotatable bonds is 9. The lowest BCUT2D eigenvalue weighted by molar-refractivity contribution is -0.146. The van der Waals surface area contributed by atoms with Crippen molar-refractivity contribution in [3.05, 3.63) is 0 Å². The van der Waals surface area contributed by atoms with E-state index in [0.29, 0.717) is 12.5 Å². The van der Waals surface area contributed by atoms with Gasteiger partial charge in [0.15, 0.2) is 0 Å². The van der Waals surface area contributed by atoms with Crippen LogP contribution in [0.4, 0.5) is 0 Å². The Kier molecular flexibility index (Phi) is 8.20. The van der Waals surface area contributed by atoms with Crippen LogP contribution in [0.3, 0.4) is 0 Å². The van der Waals surface area contributed by atoms with Gasteiger partial charge in [-0.05, 0) is 39.7 Å². The number of nitrogens with two attached hydrogens (primary N) is 1. The Bertz CT molecular complexity index is 242. The first kappa shape index (κ1) is 17.4. The van der Waals surface area contributed by atoms with Crippen molar-refractivity contribution in [3.63, 3.8) is 0 Å². The summed E-state index contributed by atoms with van der Waals surface area (Å²) in [5.41, 5.74) is 5.11. The third-order valence-corrected chi connectivity index (χ3v) is 3.58. The van der Waals surface area contributed by atoms with Crippen molar-refractivity contribution in [3.8, 4) is 0 Å². The number of ether oxygens (including phenoxy) is 1. The maximum absolute atomic E-state index is 11.5. The van der Waals surface area contributed by atoms with Crippen molar-refractivity contribution >= 4 is 5.97 Å². The third-order valence-electron chi connectivity index (χ3n) is 3.58. The average molecular weight is 258 g/mol. The molecule has 2 unspecified atom stereocenters. The molecule has 0 aromatic rings. The quantitative estimate of drug-likeness (QED) is 0.644. The van der Waals surface area contributed by atoms with Crippen LogP contribution in [0.5, 0.6) is 0 Å². The van der Waals surface area contributed by atoms with Crippen molar-refractivity contribution in [2.45, 2.75) is 65.0 Å². The molecule has 0 amide bonds. The Labute approximate surface area is 112 Å². The zero-order valence-electron chi connectivity index (χ0n) is 12.7. The molecule has 4 nitrogen and oxygen atoms in total. The Morgan fingerprint density at radius 3 is 2.44 bits per heavy atom. The predicted molar refractivity (Wildman–Crippen MR) is 75.5 cm³/mol. The summed E-state index contributed by atoms with van der Waals surface area (Å²) in [7, 11) is 1.39. The van der Waals surface area contributed by atoms with Crippen LogP contribution in [0.2, 0.25) is 0 Å².